The molecular formula is C30H25N5OS. The number of nitrogens with one attached hydrogen (secondary N) is 1. The van der Waals surface area contributed by atoms with Gasteiger partial charge in [-0.15, -0.1) is 10.2 Å². The molecule has 0 aliphatic carbocycles. The van der Waals surface area contributed by atoms with E-state index >= 15 is 0 Å². The lowest BCUT2D eigenvalue weighted by atomic mass is 10.0. The monoisotopic (exact) mass is 503 g/mol. The van der Waals surface area contributed by atoms with Crippen LogP contribution in [0.5, 0.6) is 0 Å². The third-order valence-corrected chi connectivity index (χ3v) is 6.64. The number of para-hydroxylation sites is 1. The molecule has 37 heavy (non-hydrogen) atoms. The van der Waals surface area contributed by atoms with Crippen molar-refractivity contribution in [2.45, 2.75) is 12.1 Å². The number of benzene rings is 4. The molecule has 0 fully saturated rings. The first-order valence-corrected chi connectivity index (χ1v) is 12.8. The summed E-state index contributed by atoms with van der Waals surface area (Å²) in [5.74, 6) is 0.663. The van der Waals surface area contributed by atoms with E-state index in [1.54, 1.807) is 6.21 Å². The van der Waals surface area contributed by atoms with Crippen LogP contribution >= 0.6 is 11.8 Å². The molecule has 1 amide bonds. The number of hydrazone groups is 1. The summed E-state index contributed by atoms with van der Waals surface area (Å²) in [5.41, 5.74) is 8.86. The van der Waals surface area contributed by atoms with Crippen molar-refractivity contribution in [3.8, 4) is 28.2 Å². The van der Waals surface area contributed by atoms with Gasteiger partial charge in [0.25, 0.3) is 5.91 Å². The molecule has 1 aromatic heterocycles. The summed E-state index contributed by atoms with van der Waals surface area (Å²) in [7, 11) is 0. The Morgan fingerprint density at radius 2 is 1.43 bits per heavy atom. The molecule has 0 aliphatic rings. The number of amides is 1. The normalized spacial score (nSPS) is 11.1. The van der Waals surface area contributed by atoms with Gasteiger partial charge < -0.3 is 0 Å². The van der Waals surface area contributed by atoms with E-state index in [0.29, 0.717) is 5.16 Å². The molecule has 0 aliphatic heterocycles. The Kier molecular flexibility index (Phi) is 7.52. The van der Waals surface area contributed by atoms with Gasteiger partial charge in [-0.2, -0.15) is 5.10 Å². The van der Waals surface area contributed by atoms with Gasteiger partial charge in [0.05, 0.1) is 12.0 Å². The van der Waals surface area contributed by atoms with Crippen LogP contribution in [0.2, 0.25) is 0 Å². The summed E-state index contributed by atoms with van der Waals surface area (Å²) in [6.07, 6.45) is 1.64. The van der Waals surface area contributed by atoms with E-state index in [9.17, 15) is 4.79 Å². The second kappa shape index (κ2) is 11.5. The Balaban J connectivity index is 1.24. The van der Waals surface area contributed by atoms with E-state index in [4.69, 9.17) is 0 Å². The molecule has 1 N–H and O–H groups in total. The third-order valence-electron chi connectivity index (χ3n) is 5.71. The van der Waals surface area contributed by atoms with Crippen molar-refractivity contribution in [2.24, 2.45) is 5.10 Å². The number of nitrogens with zero attached hydrogens (tertiary/aromatic N) is 4. The number of carbonyl (C=O) groups excluding carboxylic acids is 1. The van der Waals surface area contributed by atoms with Gasteiger partial charge in [-0.25, -0.2) is 5.43 Å². The average Bonchev–Trinajstić information content (AvgIpc) is 3.38. The first kappa shape index (κ1) is 24.2. The van der Waals surface area contributed by atoms with E-state index in [1.807, 2.05) is 109 Å². The Morgan fingerprint density at radius 1 is 0.811 bits per heavy atom. The zero-order valence-corrected chi connectivity index (χ0v) is 21.1. The molecule has 0 radical (unpaired) electrons. The largest absolute Gasteiger partial charge is 0.272 e. The van der Waals surface area contributed by atoms with E-state index in [-0.39, 0.29) is 11.7 Å². The Morgan fingerprint density at radius 3 is 2.14 bits per heavy atom. The molecule has 0 spiro atoms. The van der Waals surface area contributed by atoms with Crippen LogP contribution in [0.25, 0.3) is 28.2 Å². The molecule has 4 aromatic carbocycles. The van der Waals surface area contributed by atoms with Crippen LogP contribution in [0.3, 0.4) is 0 Å². The van der Waals surface area contributed by atoms with Gasteiger partial charge in [-0.3, -0.25) is 9.36 Å². The highest BCUT2D eigenvalue weighted by molar-refractivity contribution is 7.99. The molecule has 0 saturated carbocycles. The molecule has 5 aromatic rings. The maximum atomic E-state index is 12.5. The quantitative estimate of drug-likeness (QED) is 0.157. The highest BCUT2D eigenvalue weighted by Crippen LogP contribution is 2.28. The molecule has 0 bridgehead atoms. The van der Waals surface area contributed by atoms with Crippen molar-refractivity contribution in [3.63, 3.8) is 0 Å². The number of aromatic nitrogens is 3. The van der Waals surface area contributed by atoms with Crippen LogP contribution in [-0.4, -0.2) is 32.6 Å². The smallest absolute Gasteiger partial charge is 0.250 e. The Hall–Kier alpha value is -4.49. The number of carbonyl (C=O) groups is 1. The van der Waals surface area contributed by atoms with Gasteiger partial charge in [0.1, 0.15) is 0 Å². The topological polar surface area (TPSA) is 72.2 Å². The average molecular weight is 504 g/mol. The van der Waals surface area contributed by atoms with Crippen LogP contribution in [0.1, 0.15) is 11.1 Å². The SMILES string of the molecule is Cc1ccc(-c2nnc(SCC(=O)N/N=C/c3ccc(-c4ccccc4)cc3)n2-c2ccccc2)cc1. The maximum absolute atomic E-state index is 12.5. The zero-order valence-electron chi connectivity index (χ0n) is 20.3. The van der Waals surface area contributed by atoms with Gasteiger partial charge in [0, 0.05) is 11.3 Å². The Labute approximate surface area is 220 Å². The first-order valence-electron chi connectivity index (χ1n) is 11.9. The van der Waals surface area contributed by atoms with Crippen molar-refractivity contribution in [1.82, 2.24) is 20.2 Å². The number of rotatable bonds is 8. The minimum Gasteiger partial charge on any atom is -0.272 e. The van der Waals surface area contributed by atoms with Crippen molar-refractivity contribution in [2.75, 3.05) is 5.75 Å². The summed E-state index contributed by atoms with van der Waals surface area (Å²) in [6, 6.07) is 36.3. The van der Waals surface area contributed by atoms with E-state index in [0.717, 1.165) is 33.8 Å². The maximum Gasteiger partial charge on any atom is 0.250 e. The van der Waals surface area contributed by atoms with Crippen molar-refractivity contribution in [3.05, 3.63) is 120 Å². The number of aryl methyl sites for hydroxylation is 1. The lowest BCUT2D eigenvalue weighted by Crippen LogP contribution is -2.20. The fraction of sp³-hybridized carbons (Fsp3) is 0.0667. The molecule has 0 atom stereocenters. The molecule has 5 rings (SSSR count). The molecule has 182 valence electrons. The van der Waals surface area contributed by atoms with E-state index < -0.39 is 0 Å². The minimum absolute atomic E-state index is 0.156. The van der Waals surface area contributed by atoms with Gasteiger partial charge in [0.15, 0.2) is 11.0 Å². The lowest BCUT2D eigenvalue weighted by molar-refractivity contribution is -0.118. The standard InChI is InChI=1S/C30H25N5OS/c1-22-12-16-26(17-13-22)29-33-34-30(35(29)27-10-6-3-7-11-27)37-21-28(36)32-31-20-23-14-18-25(19-15-23)24-8-4-2-5-9-24/h2-20H,21H2,1H3,(H,32,36)/b31-20+. The van der Waals surface area contributed by atoms with E-state index in [1.165, 1.54) is 17.3 Å². The van der Waals surface area contributed by atoms with Crippen LogP contribution in [0, 0.1) is 6.92 Å². The molecule has 1 heterocycles. The number of thioether (sulfide) groups is 1. The second-order valence-electron chi connectivity index (χ2n) is 8.41. The predicted molar refractivity (Wildman–Crippen MR) is 150 cm³/mol. The van der Waals surface area contributed by atoms with Gasteiger partial charge in [-0.05, 0) is 35.7 Å². The summed E-state index contributed by atoms with van der Waals surface area (Å²) in [5, 5.41) is 13.6. The minimum atomic E-state index is -0.221. The molecule has 6 nitrogen and oxygen atoms in total. The van der Waals surface area contributed by atoms with E-state index in [2.05, 4.69) is 32.9 Å². The van der Waals surface area contributed by atoms with Crippen LogP contribution in [-0.2, 0) is 4.79 Å². The van der Waals surface area contributed by atoms with Gasteiger partial charge in [0.2, 0.25) is 0 Å². The van der Waals surface area contributed by atoms with Crippen LogP contribution in [0.15, 0.2) is 119 Å². The third kappa shape index (κ3) is 6.02. The molecule has 0 saturated heterocycles. The van der Waals surface area contributed by atoms with Crippen LogP contribution in [0.4, 0.5) is 0 Å². The highest BCUT2D eigenvalue weighted by Gasteiger charge is 2.17. The first-order chi connectivity index (χ1) is 18.2. The predicted octanol–water partition coefficient (Wildman–Crippen LogP) is 6.15. The summed E-state index contributed by atoms with van der Waals surface area (Å²) in [6.45, 7) is 2.05. The summed E-state index contributed by atoms with van der Waals surface area (Å²) >= 11 is 1.32. The van der Waals surface area contributed by atoms with Crippen LogP contribution < -0.4 is 5.43 Å². The summed E-state index contributed by atoms with van der Waals surface area (Å²) < 4.78 is 1.97. The van der Waals surface area contributed by atoms with Crippen molar-refractivity contribution >= 4 is 23.9 Å². The summed E-state index contributed by atoms with van der Waals surface area (Å²) in [4.78, 5) is 12.5. The zero-order chi connectivity index (χ0) is 25.5. The number of hydrogen-bond acceptors (Lipinski definition) is 5. The fourth-order valence-electron chi connectivity index (χ4n) is 3.80. The fourth-order valence-corrected chi connectivity index (χ4v) is 4.54. The molecule has 0 unspecified atom stereocenters. The lowest BCUT2D eigenvalue weighted by Gasteiger charge is -2.10. The molecule has 7 heteroatoms. The van der Waals surface area contributed by atoms with Gasteiger partial charge in [-0.1, -0.05) is 114 Å². The second-order valence-corrected chi connectivity index (χ2v) is 9.36. The molecular weight excluding hydrogens is 478 g/mol. The van der Waals surface area contributed by atoms with Crippen molar-refractivity contribution < 1.29 is 4.79 Å². The van der Waals surface area contributed by atoms with Gasteiger partial charge >= 0.3 is 0 Å². The number of hydrogen-bond donors (Lipinski definition) is 1. The highest BCUT2D eigenvalue weighted by atomic mass is 32.2. The Bertz CT molecular complexity index is 1500. The van der Waals surface area contributed by atoms with Crippen molar-refractivity contribution in [1.29, 1.82) is 0 Å².